The van der Waals surface area contributed by atoms with Crippen LogP contribution < -0.4 is 9.46 Å². The zero-order chi connectivity index (χ0) is 16.4. The Morgan fingerprint density at radius 2 is 1.68 bits per heavy atom. The van der Waals surface area contributed by atoms with E-state index in [0.29, 0.717) is 0 Å². The molecule has 0 amide bonds. The van der Waals surface area contributed by atoms with Crippen LogP contribution in [-0.2, 0) is 10.0 Å². The first-order chi connectivity index (χ1) is 10.2. The highest BCUT2D eigenvalue weighted by Crippen LogP contribution is 2.26. The summed E-state index contributed by atoms with van der Waals surface area (Å²) in [6, 6.07) is 8.85. The van der Waals surface area contributed by atoms with Crippen molar-refractivity contribution in [3.63, 3.8) is 0 Å². The van der Waals surface area contributed by atoms with Gasteiger partial charge in [0, 0.05) is 6.07 Å². The Labute approximate surface area is 123 Å². The maximum absolute atomic E-state index is 13.5. The molecule has 0 saturated carbocycles. The number of anilines is 1. The van der Waals surface area contributed by atoms with Crippen LogP contribution in [0.25, 0.3) is 0 Å². The van der Waals surface area contributed by atoms with Crippen LogP contribution >= 0.6 is 0 Å². The van der Waals surface area contributed by atoms with Crippen LogP contribution in [0.4, 0.5) is 23.2 Å². The van der Waals surface area contributed by atoms with Gasteiger partial charge in [-0.3, -0.25) is 4.72 Å². The van der Waals surface area contributed by atoms with Gasteiger partial charge in [0.05, 0.1) is 5.69 Å². The maximum atomic E-state index is 13.5. The molecule has 0 heterocycles. The van der Waals surface area contributed by atoms with Crippen molar-refractivity contribution in [1.82, 2.24) is 0 Å². The van der Waals surface area contributed by atoms with E-state index in [0.717, 1.165) is 24.3 Å². The summed E-state index contributed by atoms with van der Waals surface area (Å²) in [7, 11) is -4.27. The van der Waals surface area contributed by atoms with Crippen molar-refractivity contribution in [2.45, 2.75) is 11.3 Å². The Morgan fingerprint density at radius 3 is 2.32 bits per heavy atom. The van der Waals surface area contributed by atoms with Gasteiger partial charge < -0.3 is 4.74 Å². The van der Waals surface area contributed by atoms with Crippen molar-refractivity contribution in [3.05, 3.63) is 54.3 Å². The summed E-state index contributed by atoms with van der Waals surface area (Å²) in [5.74, 6) is -1.57. The summed E-state index contributed by atoms with van der Waals surface area (Å²) < 4.78 is 79.5. The molecule has 2 aromatic carbocycles. The molecule has 0 atom stereocenters. The summed E-state index contributed by atoms with van der Waals surface area (Å²) in [6.07, 6.45) is -4.90. The molecule has 0 unspecified atom stereocenters. The highest BCUT2D eigenvalue weighted by molar-refractivity contribution is 7.92. The second-order valence-electron chi connectivity index (χ2n) is 4.11. The standard InChI is InChI=1S/C13H9F4NO3S/c14-11-6-1-2-7-12(11)22(19,20)18-9-4-3-5-10(8-9)21-13(15,16)17/h1-8,18H. The van der Waals surface area contributed by atoms with Gasteiger partial charge in [0.1, 0.15) is 16.5 Å². The minimum atomic E-state index is -4.90. The molecule has 22 heavy (non-hydrogen) atoms. The molecule has 0 fully saturated rings. The van der Waals surface area contributed by atoms with Crippen molar-refractivity contribution in [3.8, 4) is 5.75 Å². The van der Waals surface area contributed by atoms with Crippen LogP contribution in [0, 0.1) is 5.82 Å². The zero-order valence-electron chi connectivity index (χ0n) is 10.8. The molecule has 0 aliphatic carbocycles. The monoisotopic (exact) mass is 335 g/mol. The number of sulfonamides is 1. The number of hydrogen-bond acceptors (Lipinski definition) is 3. The molecular weight excluding hydrogens is 326 g/mol. The number of rotatable bonds is 4. The van der Waals surface area contributed by atoms with E-state index in [-0.39, 0.29) is 5.69 Å². The minimum absolute atomic E-state index is 0.190. The molecule has 2 rings (SSSR count). The van der Waals surface area contributed by atoms with Gasteiger partial charge in [-0.15, -0.1) is 13.2 Å². The summed E-state index contributed by atoms with van der Waals surface area (Å²) in [5, 5.41) is 0. The van der Waals surface area contributed by atoms with Gasteiger partial charge in [0.2, 0.25) is 0 Å². The molecule has 0 bridgehead atoms. The smallest absolute Gasteiger partial charge is 0.406 e. The van der Waals surface area contributed by atoms with Gasteiger partial charge >= 0.3 is 6.36 Å². The Hall–Kier alpha value is -2.29. The van der Waals surface area contributed by atoms with Crippen molar-refractivity contribution >= 4 is 15.7 Å². The van der Waals surface area contributed by atoms with Gasteiger partial charge in [-0.1, -0.05) is 18.2 Å². The molecule has 1 N–H and O–H groups in total. The summed E-state index contributed by atoms with van der Waals surface area (Å²) >= 11 is 0. The van der Waals surface area contributed by atoms with Crippen LogP contribution in [-0.4, -0.2) is 14.8 Å². The number of benzene rings is 2. The summed E-state index contributed by atoms with van der Waals surface area (Å²) in [4.78, 5) is -0.614. The molecule has 118 valence electrons. The molecule has 2 aromatic rings. The van der Waals surface area contributed by atoms with Crippen molar-refractivity contribution < 1.29 is 30.7 Å². The molecule has 0 spiro atoms. The first-order valence-corrected chi connectivity index (χ1v) is 7.29. The quantitative estimate of drug-likeness (QED) is 0.870. The Bertz CT molecular complexity index is 775. The SMILES string of the molecule is O=S(=O)(Nc1cccc(OC(F)(F)F)c1)c1ccccc1F. The minimum Gasteiger partial charge on any atom is -0.406 e. The van der Waals surface area contributed by atoms with E-state index in [1.807, 2.05) is 4.72 Å². The van der Waals surface area contributed by atoms with E-state index in [2.05, 4.69) is 4.74 Å². The number of halogens is 4. The normalized spacial score (nSPS) is 12.0. The van der Waals surface area contributed by atoms with Crippen molar-refractivity contribution in [1.29, 1.82) is 0 Å². The highest BCUT2D eigenvalue weighted by Gasteiger charge is 2.31. The lowest BCUT2D eigenvalue weighted by Gasteiger charge is -2.12. The van der Waals surface area contributed by atoms with Crippen LogP contribution in [0.1, 0.15) is 0 Å². The predicted molar refractivity (Wildman–Crippen MR) is 70.3 cm³/mol. The molecule has 0 aliphatic rings. The van der Waals surface area contributed by atoms with Gasteiger partial charge in [-0.05, 0) is 24.3 Å². The number of hydrogen-bond donors (Lipinski definition) is 1. The van der Waals surface area contributed by atoms with E-state index >= 15 is 0 Å². The van der Waals surface area contributed by atoms with E-state index in [1.165, 1.54) is 24.3 Å². The Morgan fingerprint density at radius 1 is 1.00 bits per heavy atom. The molecule has 0 saturated heterocycles. The number of nitrogens with one attached hydrogen (secondary N) is 1. The third kappa shape index (κ3) is 4.10. The fourth-order valence-corrected chi connectivity index (χ4v) is 2.76. The second kappa shape index (κ2) is 5.84. The Balaban J connectivity index is 2.27. The fourth-order valence-electron chi connectivity index (χ4n) is 1.63. The largest absolute Gasteiger partial charge is 0.573 e. The average molecular weight is 335 g/mol. The molecule has 0 aliphatic heterocycles. The maximum Gasteiger partial charge on any atom is 0.573 e. The van der Waals surface area contributed by atoms with Crippen molar-refractivity contribution in [2.75, 3.05) is 4.72 Å². The lowest BCUT2D eigenvalue weighted by atomic mass is 10.3. The average Bonchev–Trinajstić information content (AvgIpc) is 2.36. The van der Waals surface area contributed by atoms with E-state index in [1.54, 1.807) is 0 Å². The molecular formula is C13H9F4NO3S. The Kier molecular flexibility index (Phi) is 4.27. The van der Waals surface area contributed by atoms with E-state index < -0.39 is 32.8 Å². The number of ether oxygens (including phenoxy) is 1. The van der Waals surface area contributed by atoms with Gasteiger partial charge in [-0.25, -0.2) is 12.8 Å². The van der Waals surface area contributed by atoms with Crippen LogP contribution in [0.2, 0.25) is 0 Å². The molecule has 0 aromatic heterocycles. The first-order valence-electron chi connectivity index (χ1n) is 5.80. The topological polar surface area (TPSA) is 55.4 Å². The van der Waals surface area contributed by atoms with Gasteiger partial charge in [0.15, 0.2) is 0 Å². The van der Waals surface area contributed by atoms with Crippen LogP contribution in [0.3, 0.4) is 0 Å². The van der Waals surface area contributed by atoms with Crippen LogP contribution in [0.15, 0.2) is 53.4 Å². The van der Waals surface area contributed by atoms with E-state index in [4.69, 9.17) is 0 Å². The summed E-state index contributed by atoms with van der Waals surface area (Å²) in [5.41, 5.74) is -0.190. The lowest BCUT2D eigenvalue weighted by molar-refractivity contribution is -0.274. The predicted octanol–water partition coefficient (Wildman–Crippen LogP) is 3.53. The molecule has 9 heteroatoms. The first kappa shape index (κ1) is 16.1. The lowest BCUT2D eigenvalue weighted by Crippen LogP contribution is -2.18. The fraction of sp³-hybridized carbons (Fsp3) is 0.0769. The third-order valence-electron chi connectivity index (χ3n) is 2.45. The zero-order valence-corrected chi connectivity index (χ0v) is 11.6. The van der Waals surface area contributed by atoms with Gasteiger partial charge in [0.25, 0.3) is 10.0 Å². The van der Waals surface area contributed by atoms with Gasteiger partial charge in [-0.2, -0.15) is 0 Å². The number of alkyl halides is 3. The highest BCUT2D eigenvalue weighted by atomic mass is 32.2. The molecule has 4 nitrogen and oxygen atoms in total. The van der Waals surface area contributed by atoms with E-state index in [9.17, 15) is 26.0 Å². The summed E-state index contributed by atoms with van der Waals surface area (Å²) in [6.45, 7) is 0. The second-order valence-corrected chi connectivity index (χ2v) is 5.76. The van der Waals surface area contributed by atoms with Crippen molar-refractivity contribution in [2.24, 2.45) is 0 Å². The third-order valence-corrected chi connectivity index (χ3v) is 3.86. The molecule has 0 radical (unpaired) electrons. The van der Waals surface area contributed by atoms with Crippen LogP contribution in [0.5, 0.6) is 5.75 Å².